The van der Waals surface area contributed by atoms with Gasteiger partial charge in [0, 0.05) is 17.5 Å². The molecule has 1 aromatic rings. The van der Waals surface area contributed by atoms with Gasteiger partial charge < -0.3 is 5.11 Å². The molecule has 0 aliphatic rings. The van der Waals surface area contributed by atoms with Gasteiger partial charge in [0.2, 0.25) is 0 Å². The lowest BCUT2D eigenvalue weighted by molar-refractivity contribution is 0.268. The van der Waals surface area contributed by atoms with E-state index >= 15 is 0 Å². The molecule has 0 amide bonds. The average molecular weight is 255 g/mol. The minimum absolute atomic E-state index is 0.0875. The Labute approximate surface area is 102 Å². The van der Waals surface area contributed by atoms with E-state index in [9.17, 15) is 9.59 Å². The first-order valence-corrected chi connectivity index (χ1v) is 6.23. The molecule has 17 heavy (non-hydrogen) atoms. The van der Waals surface area contributed by atoms with Crippen LogP contribution in [0.15, 0.2) is 15.8 Å². The molecule has 0 spiro atoms. The van der Waals surface area contributed by atoms with Crippen LogP contribution in [0.4, 0.5) is 0 Å². The summed E-state index contributed by atoms with van der Waals surface area (Å²) in [4.78, 5) is 24.9. The van der Waals surface area contributed by atoms with Crippen LogP contribution in [0, 0.1) is 11.3 Å². The minimum Gasteiger partial charge on any atom is -0.395 e. The highest BCUT2D eigenvalue weighted by molar-refractivity contribution is 7.99. The Morgan fingerprint density at radius 3 is 2.76 bits per heavy atom. The molecule has 0 radical (unpaired) electrons. The number of H-pyrrole nitrogens is 1. The number of aromatic nitrogens is 2. The van der Waals surface area contributed by atoms with Gasteiger partial charge in [-0.2, -0.15) is 17.0 Å². The number of nitriles is 1. The van der Waals surface area contributed by atoms with Gasteiger partial charge in [-0.1, -0.05) is 0 Å². The van der Waals surface area contributed by atoms with Crippen molar-refractivity contribution in [2.45, 2.75) is 18.2 Å². The molecule has 0 aliphatic carbocycles. The number of thioether (sulfide) groups is 1. The first-order chi connectivity index (χ1) is 8.04. The zero-order chi connectivity index (χ0) is 13.0. The first kappa shape index (κ1) is 13.5. The summed E-state index contributed by atoms with van der Waals surface area (Å²) in [5, 5.41) is 17.7. The lowest BCUT2D eigenvalue weighted by Crippen LogP contribution is -2.36. The summed E-state index contributed by atoms with van der Waals surface area (Å²) in [5.41, 5.74) is -1.38. The highest BCUT2D eigenvalue weighted by atomic mass is 32.2. The Morgan fingerprint density at radius 2 is 2.29 bits per heavy atom. The molecule has 0 aromatic carbocycles. The second-order valence-electron chi connectivity index (χ2n) is 3.52. The molecular formula is C10H13N3O3S. The molecule has 1 rings (SSSR count). The van der Waals surface area contributed by atoms with E-state index in [2.05, 4.69) is 4.98 Å². The van der Waals surface area contributed by atoms with Crippen molar-refractivity contribution < 1.29 is 5.11 Å². The van der Waals surface area contributed by atoms with E-state index in [1.54, 1.807) is 13.0 Å². The number of aliphatic hydroxyl groups is 1. The SMILES string of the molecule is CSC(CO)C(C)n1cc(C#N)c(=O)[nH]c1=O. The largest absolute Gasteiger partial charge is 0.395 e. The number of hydrogen-bond acceptors (Lipinski definition) is 5. The number of rotatable bonds is 4. The van der Waals surface area contributed by atoms with Crippen molar-refractivity contribution in [3.05, 3.63) is 32.6 Å². The summed E-state index contributed by atoms with van der Waals surface area (Å²) >= 11 is 1.41. The summed E-state index contributed by atoms with van der Waals surface area (Å²) in [5.74, 6) is 0. The maximum atomic E-state index is 11.6. The first-order valence-electron chi connectivity index (χ1n) is 4.94. The average Bonchev–Trinajstić information content (AvgIpc) is 2.30. The molecule has 1 aromatic heterocycles. The van der Waals surface area contributed by atoms with Crippen LogP contribution < -0.4 is 11.2 Å². The molecule has 0 saturated carbocycles. The Kier molecular flexibility index (Phi) is 4.54. The maximum Gasteiger partial charge on any atom is 0.328 e. The second kappa shape index (κ2) is 5.70. The number of nitrogens with one attached hydrogen (secondary N) is 1. The van der Waals surface area contributed by atoms with E-state index in [1.165, 1.54) is 22.5 Å². The molecule has 92 valence electrons. The van der Waals surface area contributed by atoms with Crippen LogP contribution in [-0.2, 0) is 0 Å². The molecule has 6 nitrogen and oxygen atoms in total. The summed E-state index contributed by atoms with van der Waals surface area (Å²) < 4.78 is 1.26. The number of nitrogens with zero attached hydrogens (tertiary/aromatic N) is 2. The van der Waals surface area contributed by atoms with Crippen molar-refractivity contribution >= 4 is 11.8 Å². The van der Waals surface area contributed by atoms with Crippen molar-refractivity contribution in [2.75, 3.05) is 12.9 Å². The smallest absolute Gasteiger partial charge is 0.328 e. The van der Waals surface area contributed by atoms with Crippen molar-refractivity contribution in [3.8, 4) is 6.07 Å². The van der Waals surface area contributed by atoms with Crippen LogP contribution >= 0.6 is 11.8 Å². The van der Waals surface area contributed by atoms with Gasteiger partial charge in [0.1, 0.15) is 11.6 Å². The van der Waals surface area contributed by atoms with Crippen LogP contribution in [0.3, 0.4) is 0 Å². The highest BCUT2D eigenvalue weighted by Crippen LogP contribution is 2.19. The van der Waals surface area contributed by atoms with Gasteiger partial charge in [0.05, 0.1) is 6.61 Å². The molecule has 1 heterocycles. The summed E-state index contributed by atoms with van der Waals surface area (Å²) in [6.45, 7) is 1.66. The lowest BCUT2D eigenvalue weighted by Gasteiger charge is -2.21. The predicted molar refractivity (Wildman–Crippen MR) is 65.1 cm³/mol. The normalized spacial score (nSPS) is 14.0. The van der Waals surface area contributed by atoms with Crippen LogP contribution in [0.2, 0.25) is 0 Å². The second-order valence-corrected chi connectivity index (χ2v) is 4.60. The van der Waals surface area contributed by atoms with E-state index in [4.69, 9.17) is 10.4 Å². The quantitative estimate of drug-likeness (QED) is 0.769. The van der Waals surface area contributed by atoms with Crippen molar-refractivity contribution in [1.29, 1.82) is 5.26 Å². The van der Waals surface area contributed by atoms with Gasteiger partial charge in [0.15, 0.2) is 0 Å². The molecule has 2 atom stereocenters. The van der Waals surface area contributed by atoms with Crippen molar-refractivity contribution in [2.24, 2.45) is 0 Å². The highest BCUT2D eigenvalue weighted by Gasteiger charge is 2.19. The third kappa shape index (κ3) is 2.78. The fourth-order valence-electron chi connectivity index (χ4n) is 1.47. The van der Waals surface area contributed by atoms with Crippen LogP contribution in [0.5, 0.6) is 0 Å². The molecule has 0 fully saturated rings. The zero-order valence-corrected chi connectivity index (χ0v) is 10.3. The van der Waals surface area contributed by atoms with Crippen LogP contribution in [0.25, 0.3) is 0 Å². The molecule has 7 heteroatoms. The van der Waals surface area contributed by atoms with E-state index < -0.39 is 11.2 Å². The minimum atomic E-state index is -0.689. The fraction of sp³-hybridized carbons (Fsp3) is 0.500. The van der Waals surface area contributed by atoms with Gasteiger partial charge in [-0.15, -0.1) is 0 Å². The molecular weight excluding hydrogens is 242 g/mol. The maximum absolute atomic E-state index is 11.6. The van der Waals surface area contributed by atoms with Crippen molar-refractivity contribution in [1.82, 2.24) is 9.55 Å². The van der Waals surface area contributed by atoms with Gasteiger partial charge in [-0.05, 0) is 13.2 Å². The van der Waals surface area contributed by atoms with E-state index in [-0.39, 0.29) is 23.5 Å². The third-order valence-corrected chi connectivity index (χ3v) is 3.70. The summed E-state index contributed by atoms with van der Waals surface area (Å²) in [6.07, 6.45) is 3.05. The Balaban J connectivity index is 3.28. The Hall–Kier alpha value is -1.52. The number of aliphatic hydroxyl groups excluding tert-OH is 1. The topological polar surface area (TPSA) is 98.9 Å². The molecule has 2 N–H and O–H groups in total. The Morgan fingerprint density at radius 1 is 1.65 bits per heavy atom. The van der Waals surface area contributed by atoms with Crippen molar-refractivity contribution in [3.63, 3.8) is 0 Å². The van der Waals surface area contributed by atoms with Gasteiger partial charge >= 0.3 is 5.69 Å². The molecule has 0 bridgehead atoms. The monoisotopic (exact) mass is 255 g/mol. The summed E-state index contributed by atoms with van der Waals surface area (Å²) in [6, 6.07) is 1.41. The predicted octanol–water partition coefficient (Wildman–Crippen LogP) is -0.307. The third-order valence-electron chi connectivity index (χ3n) is 2.55. The molecule has 2 unspecified atom stereocenters. The number of aromatic amines is 1. The van der Waals surface area contributed by atoms with Crippen LogP contribution in [-0.4, -0.2) is 32.8 Å². The Bertz CT molecular complexity index is 539. The molecule has 0 aliphatic heterocycles. The lowest BCUT2D eigenvalue weighted by atomic mass is 10.2. The van der Waals surface area contributed by atoms with E-state index in [0.29, 0.717) is 0 Å². The summed E-state index contributed by atoms with van der Waals surface area (Å²) in [7, 11) is 0. The standard InChI is InChI=1S/C10H13N3O3S/c1-6(8(5-14)17-2)13-4-7(3-11)9(15)12-10(13)16/h4,6,8,14H,5H2,1-2H3,(H,12,15,16). The zero-order valence-electron chi connectivity index (χ0n) is 9.51. The fourth-order valence-corrected chi connectivity index (χ4v) is 2.14. The van der Waals surface area contributed by atoms with Gasteiger partial charge in [0.25, 0.3) is 5.56 Å². The van der Waals surface area contributed by atoms with Gasteiger partial charge in [-0.3, -0.25) is 14.3 Å². The van der Waals surface area contributed by atoms with E-state index in [0.717, 1.165) is 0 Å². The van der Waals surface area contributed by atoms with Crippen LogP contribution in [0.1, 0.15) is 18.5 Å². The molecule has 0 saturated heterocycles. The van der Waals surface area contributed by atoms with Gasteiger partial charge in [-0.25, -0.2) is 4.79 Å². The van der Waals surface area contributed by atoms with E-state index in [1.807, 2.05) is 6.26 Å². The number of hydrogen-bond donors (Lipinski definition) is 2.